The third kappa shape index (κ3) is 6.18. The number of para-hydroxylation sites is 1. The fourth-order valence-corrected chi connectivity index (χ4v) is 2.58. The van der Waals surface area contributed by atoms with Gasteiger partial charge >= 0.3 is 6.03 Å². The zero-order chi connectivity index (χ0) is 20.6. The normalized spacial score (nSPS) is 10.6. The summed E-state index contributed by atoms with van der Waals surface area (Å²) in [6.45, 7) is 1.61. The summed E-state index contributed by atoms with van der Waals surface area (Å²) in [5.41, 5.74) is 2.41. The topological polar surface area (TPSA) is 91.3 Å². The summed E-state index contributed by atoms with van der Waals surface area (Å²) in [7, 11) is 3.99. The highest BCUT2D eigenvalue weighted by atomic mass is 16.2. The highest BCUT2D eigenvalue weighted by molar-refractivity contribution is 6.05. The molecule has 2 aromatic carbocycles. The molecule has 0 radical (unpaired) electrons. The summed E-state index contributed by atoms with van der Waals surface area (Å²) in [4.78, 5) is 26.5. The monoisotopic (exact) mass is 392 g/mol. The lowest BCUT2D eigenvalue weighted by Crippen LogP contribution is -2.19. The summed E-state index contributed by atoms with van der Waals surface area (Å²) in [5, 5.41) is 12.5. The van der Waals surface area contributed by atoms with Gasteiger partial charge in [-0.3, -0.25) is 9.48 Å². The Labute approximate surface area is 169 Å². The predicted molar refractivity (Wildman–Crippen MR) is 114 cm³/mol. The van der Waals surface area contributed by atoms with Crippen molar-refractivity contribution in [2.24, 2.45) is 0 Å². The first kappa shape index (κ1) is 20.1. The molecule has 0 fully saturated rings. The summed E-state index contributed by atoms with van der Waals surface area (Å²) in [6, 6.07) is 15.5. The molecule has 29 heavy (non-hydrogen) atoms. The molecule has 0 aliphatic carbocycles. The number of aromatic nitrogens is 2. The Hall–Kier alpha value is -3.65. The lowest BCUT2D eigenvalue weighted by Gasteiger charge is -2.09. The molecule has 1 heterocycles. The third-order valence-electron chi connectivity index (χ3n) is 4.10. The van der Waals surface area contributed by atoms with Gasteiger partial charge in [0, 0.05) is 29.7 Å². The second-order valence-electron chi connectivity index (χ2n) is 6.77. The van der Waals surface area contributed by atoms with Crippen molar-refractivity contribution in [1.82, 2.24) is 14.7 Å². The van der Waals surface area contributed by atoms with Gasteiger partial charge in [-0.2, -0.15) is 5.10 Å². The van der Waals surface area contributed by atoms with E-state index in [1.165, 1.54) is 0 Å². The number of likely N-dealkylation sites (N-methyl/N-ethyl adjacent to an activating group) is 1. The molecule has 0 bridgehead atoms. The van der Waals surface area contributed by atoms with Gasteiger partial charge in [-0.15, -0.1) is 0 Å². The maximum Gasteiger partial charge on any atom is 0.323 e. The van der Waals surface area contributed by atoms with Crippen LogP contribution in [-0.4, -0.2) is 47.3 Å². The Balaban J connectivity index is 1.52. The number of hydrogen-bond acceptors (Lipinski definition) is 4. The minimum absolute atomic E-state index is 0.238. The Kier molecular flexibility index (Phi) is 6.59. The Morgan fingerprint density at radius 3 is 2.21 bits per heavy atom. The molecule has 0 spiro atoms. The maximum atomic E-state index is 12.4. The third-order valence-corrected chi connectivity index (χ3v) is 4.10. The fourth-order valence-electron chi connectivity index (χ4n) is 2.58. The first-order chi connectivity index (χ1) is 14.0. The largest absolute Gasteiger partial charge is 0.323 e. The van der Waals surface area contributed by atoms with Crippen molar-refractivity contribution >= 4 is 29.0 Å². The molecule has 3 N–H and O–H groups in total. The zero-order valence-electron chi connectivity index (χ0n) is 16.4. The van der Waals surface area contributed by atoms with Crippen LogP contribution in [0.5, 0.6) is 0 Å². The van der Waals surface area contributed by atoms with E-state index in [2.05, 4.69) is 25.9 Å². The lowest BCUT2D eigenvalue weighted by atomic mass is 10.2. The van der Waals surface area contributed by atoms with Crippen molar-refractivity contribution in [3.63, 3.8) is 0 Å². The van der Waals surface area contributed by atoms with Crippen LogP contribution in [0.4, 0.5) is 21.9 Å². The van der Waals surface area contributed by atoms with E-state index in [1.54, 1.807) is 53.5 Å². The number of anilines is 3. The van der Waals surface area contributed by atoms with Gasteiger partial charge in [0.2, 0.25) is 0 Å². The molecule has 0 aliphatic rings. The van der Waals surface area contributed by atoms with Gasteiger partial charge in [0.1, 0.15) is 0 Å². The molecular weight excluding hydrogens is 368 g/mol. The summed E-state index contributed by atoms with van der Waals surface area (Å²) < 4.78 is 1.79. The fraction of sp³-hybridized carbons (Fsp3) is 0.190. The van der Waals surface area contributed by atoms with Gasteiger partial charge in [0.05, 0.1) is 18.4 Å². The lowest BCUT2D eigenvalue weighted by molar-refractivity contribution is 0.102. The van der Waals surface area contributed by atoms with E-state index in [4.69, 9.17) is 0 Å². The predicted octanol–water partition coefficient (Wildman–Crippen LogP) is 3.34. The first-order valence-corrected chi connectivity index (χ1v) is 9.21. The highest BCUT2D eigenvalue weighted by Gasteiger charge is 2.09. The molecule has 8 heteroatoms. The van der Waals surface area contributed by atoms with Crippen LogP contribution >= 0.6 is 0 Å². The molecule has 8 nitrogen and oxygen atoms in total. The van der Waals surface area contributed by atoms with Gasteiger partial charge < -0.3 is 20.9 Å². The number of urea groups is 1. The standard InChI is InChI=1S/C21H24N6O2/c1-26(2)12-13-27-15-19(14-22-27)23-20(28)16-8-10-18(11-9-16)25-21(29)24-17-6-4-3-5-7-17/h3-11,14-15H,12-13H2,1-2H3,(H,23,28)(H2,24,25,29). The van der Waals surface area contributed by atoms with E-state index in [9.17, 15) is 9.59 Å². The van der Waals surface area contributed by atoms with E-state index in [-0.39, 0.29) is 11.9 Å². The Morgan fingerprint density at radius 1 is 0.897 bits per heavy atom. The number of hydrogen-bond donors (Lipinski definition) is 3. The second-order valence-corrected chi connectivity index (χ2v) is 6.77. The molecule has 150 valence electrons. The van der Waals surface area contributed by atoms with Crippen LogP contribution in [0.1, 0.15) is 10.4 Å². The molecule has 0 aliphatic heterocycles. The molecule has 3 aromatic rings. The van der Waals surface area contributed by atoms with Crippen LogP contribution in [-0.2, 0) is 6.54 Å². The number of nitrogens with zero attached hydrogens (tertiary/aromatic N) is 3. The molecule has 3 amide bonds. The highest BCUT2D eigenvalue weighted by Crippen LogP contribution is 2.13. The van der Waals surface area contributed by atoms with E-state index < -0.39 is 0 Å². The number of benzene rings is 2. The van der Waals surface area contributed by atoms with Crippen LogP contribution in [0.25, 0.3) is 0 Å². The number of amides is 3. The van der Waals surface area contributed by atoms with Crippen molar-refractivity contribution < 1.29 is 9.59 Å². The average molecular weight is 392 g/mol. The molecular formula is C21H24N6O2. The van der Waals surface area contributed by atoms with Crippen molar-refractivity contribution in [1.29, 1.82) is 0 Å². The van der Waals surface area contributed by atoms with Crippen LogP contribution in [0.2, 0.25) is 0 Å². The van der Waals surface area contributed by atoms with Crippen LogP contribution in [0, 0.1) is 0 Å². The SMILES string of the molecule is CN(C)CCn1cc(NC(=O)c2ccc(NC(=O)Nc3ccccc3)cc2)cn1. The van der Waals surface area contributed by atoms with Crippen LogP contribution in [0.15, 0.2) is 67.0 Å². The minimum atomic E-state index is -0.349. The van der Waals surface area contributed by atoms with Gasteiger partial charge in [-0.1, -0.05) is 18.2 Å². The van der Waals surface area contributed by atoms with Gasteiger partial charge in [-0.25, -0.2) is 4.79 Å². The Morgan fingerprint density at radius 2 is 1.55 bits per heavy atom. The van der Waals surface area contributed by atoms with Crippen molar-refractivity contribution in [2.75, 3.05) is 36.6 Å². The van der Waals surface area contributed by atoms with E-state index in [1.807, 2.05) is 32.3 Å². The van der Waals surface area contributed by atoms with E-state index >= 15 is 0 Å². The average Bonchev–Trinajstić information content (AvgIpc) is 3.15. The number of nitrogens with one attached hydrogen (secondary N) is 3. The molecule has 0 saturated heterocycles. The molecule has 3 rings (SSSR count). The maximum absolute atomic E-state index is 12.4. The van der Waals surface area contributed by atoms with E-state index in [0.29, 0.717) is 22.6 Å². The van der Waals surface area contributed by atoms with Crippen LogP contribution in [0.3, 0.4) is 0 Å². The quantitative estimate of drug-likeness (QED) is 0.575. The minimum Gasteiger partial charge on any atom is -0.319 e. The summed E-state index contributed by atoms with van der Waals surface area (Å²) in [6.07, 6.45) is 3.42. The molecule has 1 aromatic heterocycles. The Bertz CT molecular complexity index is 951. The first-order valence-electron chi connectivity index (χ1n) is 9.21. The molecule has 0 unspecified atom stereocenters. The summed E-state index contributed by atoms with van der Waals surface area (Å²) >= 11 is 0. The number of carbonyl (C=O) groups excluding carboxylic acids is 2. The van der Waals surface area contributed by atoms with Crippen LogP contribution < -0.4 is 16.0 Å². The van der Waals surface area contributed by atoms with Gasteiger partial charge in [0.25, 0.3) is 5.91 Å². The van der Waals surface area contributed by atoms with Crippen molar-refractivity contribution in [3.05, 3.63) is 72.6 Å². The van der Waals surface area contributed by atoms with Crippen molar-refractivity contribution in [2.45, 2.75) is 6.54 Å². The van der Waals surface area contributed by atoms with E-state index in [0.717, 1.165) is 13.1 Å². The molecule has 0 saturated carbocycles. The smallest absolute Gasteiger partial charge is 0.319 e. The van der Waals surface area contributed by atoms with Crippen molar-refractivity contribution in [3.8, 4) is 0 Å². The zero-order valence-corrected chi connectivity index (χ0v) is 16.4. The number of rotatable bonds is 7. The van der Waals surface area contributed by atoms with Gasteiger partial charge in [0.15, 0.2) is 0 Å². The second kappa shape index (κ2) is 9.52. The molecule has 0 atom stereocenters. The number of carbonyl (C=O) groups is 2. The summed E-state index contributed by atoms with van der Waals surface area (Å²) in [5.74, 6) is -0.238. The van der Waals surface area contributed by atoms with Gasteiger partial charge in [-0.05, 0) is 50.5 Å².